The smallest absolute Gasteiger partial charge is 0.339 e. The van der Waals surface area contributed by atoms with Gasteiger partial charge in [-0.1, -0.05) is 66.7 Å². The number of fused-ring (bicyclic) bond motifs is 1. The van der Waals surface area contributed by atoms with Crippen LogP contribution in [0.25, 0.3) is 22.2 Å². The minimum absolute atomic E-state index is 0.391. The predicted octanol–water partition coefficient (Wildman–Crippen LogP) is 6.58. The third-order valence-corrected chi connectivity index (χ3v) is 6.11. The van der Waals surface area contributed by atoms with Crippen molar-refractivity contribution in [3.8, 4) is 17.0 Å². The third kappa shape index (κ3) is 5.71. The Bertz CT molecular complexity index is 1570. The number of ether oxygens (including phenoxy) is 2. The van der Waals surface area contributed by atoms with Crippen molar-refractivity contribution < 1.29 is 19.1 Å². The number of rotatable bonds is 8. The van der Waals surface area contributed by atoms with Crippen LogP contribution in [0.3, 0.4) is 0 Å². The van der Waals surface area contributed by atoms with Gasteiger partial charge in [-0.05, 0) is 60.5 Å². The molecular weight excluding hydrogens is 476 g/mol. The molecule has 0 spiro atoms. The van der Waals surface area contributed by atoms with Gasteiger partial charge >= 0.3 is 5.97 Å². The van der Waals surface area contributed by atoms with Crippen LogP contribution in [0.1, 0.15) is 21.5 Å². The number of hydrogen-bond donors (Lipinski definition) is 1. The molecule has 38 heavy (non-hydrogen) atoms. The van der Waals surface area contributed by atoms with Gasteiger partial charge in [0.15, 0.2) is 6.61 Å². The third-order valence-electron chi connectivity index (χ3n) is 6.11. The summed E-state index contributed by atoms with van der Waals surface area (Å²) in [5.74, 6) is -0.250. The molecule has 0 aliphatic heterocycles. The number of amides is 1. The van der Waals surface area contributed by atoms with Gasteiger partial charge in [-0.15, -0.1) is 0 Å². The Balaban J connectivity index is 1.36. The van der Waals surface area contributed by atoms with Crippen molar-refractivity contribution in [2.45, 2.75) is 13.5 Å². The standard InChI is InChI=1S/C32H26N2O4/c1-22-30(32(36)38-21-29(35)33-25-12-6-3-7-13-25)27-14-8-9-15-28(27)34-31(22)24-16-18-26(19-17-24)37-20-23-10-4-2-5-11-23/h2-19H,20-21H2,1H3,(H,33,35). The fourth-order valence-corrected chi connectivity index (χ4v) is 4.22. The summed E-state index contributed by atoms with van der Waals surface area (Å²) in [6.45, 7) is 1.92. The number of pyridine rings is 1. The molecule has 0 unspecified atom stereocenters. The number of nitrogens with one attached hydrogen (secondary N) is 1. The number of anilines is 1. The zero-order valence-electron chi connectivity index (χ0n) is 20.9. The minimum Gasteiger partial charge on any atom is -0.489 e. The first-order valence-electron chi connectivity index (χ1n) is 12.3. The van der Waals surface area contributed by atoms with E-state index in [-0.39, 0.29) is 0 Å². The highest BCUT2D eigenvalue weighted by Crippen LogP contribution is 2.31. The molecule has 1 heterocycles. The van der Waals surface area contributed by atoms with Gasteiger partial charge in [-0.3, -0.25) is 4.79 Å². The first-order chi connectivity index (χ1) is 18.6. The largest absolute Gasteiger partial charge is 0.489 e. The predicted molar refractivity (Wildman–Crippen MR) is 148 cm³/mol. The molecular formula is C32H26N2O4. The van der Waals surface area contributed by atoms with Gasteiger partial charge in [0.05, 0.1) is 16.8 Å². The van der Waals surface area contributed by atoms with Crippen LogP contribution in [-0.4, -0.2) is 23.5 Å². The van der Waals surface area contributed by atoms with Gasteiger partial charge in [0.2, 0.25) is 0 Å². The number of carbonyl (C=O) groups excluding carboxylic acids is 2. The number of benzene rings is 4. The highest BCUT2D eigenvalue weighted by Gasteiger charge is 2.21. The summed E-state index contributed by atoms with van der Waals surface area (Å²) in [5.41, 5.74) is 4.97. The van der Waals surface area contributed by atoms with Crippen LogP contribution in [0.5, 0.6) is 5.75 Å². The van der Waals surface area contributed by atoms with E-state index < -0.39 is 18.5 Å². The molecule has 0 saturated heterocycles. The Labute approximate surface area is 220 Å². The lowest BCUT2D eigenvalue weighted by atomic mass is 9.97. The van der Waals surface area contributed by atoms with Crippen molar-refractivity contribution in [1.29, 1.82) is 0 Å². The molecule has 1 aromatic heterocycles. The molecule has 4 aromatic carbocycles. The molecule has 0 aliphatic rings. The highest BCUT2D eigenvalue weighted by atomic mass is 16.5. The second-order valence-corrected chi connectivity index (χ2v) is 8.77. The molecule has 1 N–H and O–H groups in total. The molecule has 6 heteroatoms. The Morgan fingerprint density at radius 3 is 2.18 bits per heavy atom. The molecule has 0 aliphatic carbocycles. The van der Waals surface area contributed by atoms with E-state index in [1.165, 1.54) is 0 Å². The number of carbonyl (C=O) groups is 2. The van der Waals surface area contributed by atoms with Crippen molar-refractivity contribution in [1.82, 2.24) is 4.98 Å². The van der Waals surface area contributed by atoms with Crippen LogP contribution in [0.4, 0.5) is 5.69 Å². The molecule has 0 saturated carbocycles. The lowest BCUT2D eigenvalue weighted by Gasteiger charge is -2.15. The average Bonchev–Trinajstić information content (AvgIpc) is 2.96. The van der Waals surface area contributed by atoms with Crippen LogP contribution in [0, 0.1) is 6.92 Å². The molecule has 0 radical (unpaired) electrons. The van der Waals surface area contributed by atoms with Gasteiger partial charge in [0.1, 0.15) is 12.4 Å². The monoisotopic (exact) mass is 502 g/mol. The molecule has 0 atom stereocenters. The molecule has 5 rings (SSSR count). The fourth-order valence-electron chi connectivity index (χ4n) is 4.22. The molecule has 1 amide bonds. The number of nitrogens with zero attached hydrogens (tertiary/aromatic N) is 1. The van der Waals surface area contributed by atoms with Crippen molar-refractivity contribution in [2.24, 2.45) is 0 Å². The Kier molecular flexibility index (Phi) is 7.41. The SMILES string of the molecule is Cc1c(-c2ccc(OCc3ccccc3)cc2)nc2ccccc2c1C(=O)OCC(=O)Nc1ccccc1. The van der Waals surface area contributed by atoms with E-state index in [1.807, 2.05) is 104 Å². The normalized spacial score (nSPS) is 10.7. The number of aromatic nitrogens is 1. The van der Waals surface area contributed by atoms with E-state index in [2.05, 4.69) is 5.32 Å². The minimum atomic E-state index is -0.576. The lowest BCUT2D eigenvalue weighted by Crippen LogP contribution is -2.21. The van der Waals surface area contributed by atoms with Crippen molar-refractivity contribution >= 4 is 28.5 Å². The van der Waals surface area contributed by atoms with Crippen LogP contribution < -0.4 is 10.1 Å². The van der Waals surface area contributed by atoms with E-state index in [0.717, 1.165) is 16.9 Å². The van der Waals surface area contributed by atoms with E-state index in [9.17, 15) is 9.59 Å². The lowest BCUT2D eigenvalue weighted by molar-refractivity contribution is -0.119. The van der Waals surface area contributed by atoms with E-state index >= 15 is 0 Å². The molecule has 0 fully saturated rings. The topological polar surface area (TPSA) is 77.5 Å². The Hall–Kier alpha value is -4.97. The summed E-state index contributed by atoms with van der Waals surface area (Å²) in [5, 5.41) is 3.39. The Morgan fingerprint density at radius 1 is 0.789 bits per heavy atom. The van der Waals surface area contributed by atoms with Crippen LogP contribution in [0.15, 0.2) is 109 Å². The number of esters is 1. The van der Waals surface area contributed by atoms with Gasteiger partial charge in [0, 0.05) is 16.6 Å². The second-order valence-electron chi connectivity index (χ2n) is 8.77. The summed E-state index contributed by atoms with van der Waals surface area (Å²) in [4.78, 5) is 30.4. The summed E-state index contributed by atoms with van der Waals surface area (Å²) in [6.07, 6.45) is 0. The second kappa shape index (κ2) is 11.4. The highest BCUT2D eigenvalue weighted by molar-refractivity contribution is 6.07. The Morgan fingerprint density at radius 2 is 1.45 bits per heavy atom. The molecule has 0 bridgehead atoms. The summed E-state index contributed by atoms with van der Waals surface area (Å²) < 4.78 is 11.3. The van der Waals surface area contributed by atoms with Gasteiger partial charge in [-0.2, -0.15) is 0 Å². The summed E-state index contributed by atoms with van der Waals surface area (Å²) in [7, 11) is 0. The van der Waals surface area contributed by atoms with E-state index in [0.29, 0.717) is 40.0 Å². The molecule has 188 valence electrons. The van der Waals surface area contributed by atoms with Gasteiger partial charge < -0.3 is 14.8 Å². The van der Waals surface area contributed by atoms with Crippen LogP contribution in [0.2, 0.25) is 0 Å². The molecule has 6 nitrogen and oxygen atoms in total. The average molecular weight is 503 g/mol. The number of para-hydroxylation sites is 2. The maximum atomic E-state index is 13.2. The summed E-state index contributed by atoms with van der Waals surface area (Å²) >= 11 is 0. The van der Waals surface area contributed by atoms with E-state index in [4.69, 9.17) is 14.5 Å². The van der Waals surface area contributed by atoms with Crippen molar-refractivity contribution in [3.63, 3.8) is 0 Å². The maximum Gasteiger partial charge on any atom is 0.339 e. The van der Waals surface area contributed by atoms with Crippen LogP contribution in [-0.2, 0) is 16.1 Å². The van der Waals surface area contributed by atoms with E-state index in [1.54, 1.807) is 12.1 Å². The first-order valence-corrected chi connectivity index (χ1v) is 12.3. The van der Waals surface area contributed by atoms with Crippen LogP contribution >= 0.6 is 0 Å². The van der Waals surface area contributed by atoms with Gasteiger partial charge in [-0.25, -0.2) is 9.78 Å². The quantitative estimate of drug-likeness (QED) is 0.242. The van der Waals surface area contributed by atoms with Crippen molar-refractivity contribution in [2.75, 3.05) is 11.9 Å². The van der Waals surface area contributed by atoms with Gasteiger partial charge in [0.25, 0.3) is 5.91 Å². The fraction of sp³-hybridized carbons (Fsp3) is 0.0938. The zero-order chi connectivity index (χ0) is 26.3. The first kappa shape index (κ1) is 24.7. The number of hydrogen-bond acceptors (Lipinski definition) is 5. The zero-order valence-corrected chi connectivity index (χ0v) is 20.9. The van der Waals surface area contributed by atoms with Crippen molar-refractivity contribution in [3.05, 3.63) is 126 Å². The summed E-state index contributed by atoms with van der Waals surface area (Å²) in [6, 6.07) is 34.0. The maximum absolute atomic E-state index is 13.2. The molecule has 5 aromatic rings.